The number of benzene rings is 1. The minimum absolute atomic E-state index is 0.101. The van der Waals surface area contributed by atoms with Gasteiger partial charge in [0.05, 0.1) is 7.11 Å². The van der Waals surface area contributed by atoms with Crippen LogP contribution < -0.4 is 20.7 Å². The Labute approximate surface area is 153 Å². The monoisotopic (exact) mass is 355 g/mol. The number of hydrogen-bond donors (Lipinski definition) is 3. The molecule has 7 heteroatoms. The minimum atomic E-state index is -0.101. The van der Waals surface area contributed by atoms with Crippen LogP contribution in [-0.4, -0.2) is 37.6 Å². The van der Waals surface area contributed by atoms with Crippen LogP contribution in [-0.2, 0) is 11.3 Å². The number of nitrogens with one attached hydrogen (secondary N) is 3. The molecule has 7 nitrogen and oxygen atoms in total. The molecule has 1 aromatic carbocycles. The summed E-state index contributed by atoms with van der Waals surface area (Å²) < 4.78 is 5.33. The van der Waals surface area contributed by atoms with E-state index < -0.39 is 0 Å². The minimum Gasteiger partial charge on any atom is -0.496 e. The molecule has 0 aliphatic rings. The first kappa shape index (κ1) is 19.2. The van der Waals surface area contributed by atoms with Crippen LogP contribution in [0.5, 0.6) is 5.75 Å². The standard InChI is InChI=1S/C19H25N5O2/c1-14-7-6-10-17(23-14)24-18(25)11-12-21-19(20-2)22-13-15-8-4-5-9-16(15)26-3/h4-10H,11-13H2,1-3H3,(H2,20,21,22)(H,23,24,25). The molecule has 2 aromatic rings. The third-order valence-electron chi connectivity index (χ3n) is 3.66. The van der Waals surface area contributed by atoms with E-state index in [-0.39, 0.29) is 5.91 Å². The van der Waals surface area contributed by atoms with Crippen LogP contribution in [0.1, 0.15) is 17.7 Å². The van der Waals surface area contributed by atoms with Crippen molar-refractivity contribution in [3.63, 3.8) is 0 Å². The maximum atomic E-state index is 12.0. The highest BCUT2D eigenvalue weighted by Gasteiger charge is 2.06. The number of aryl methyl sites for hydroxylation is 1. The molecular formula is C19H25N5O2. The van der Waals surface area contributed by atoms with Gasteiger partial charge in [0.15, 0.2) is 5.96 Å². The first-order valence-electron chi connectivity index (χ1n) is 8.42. The Bertz CT molecular complexity index is 761. The molecule has 2 rings (SSSR count). The number of pyridine rings is 1. The van der Waals surface area contributed by atoms with Crippen LogP contribution in [0.15, 0.2) is 47.5 Å². The average molecular weight is 355 g/mol. The zero-order chi connectivity index (χ0) is 18.8. The van der Waals surface area contributed by atoms with Gasteiger partial charge in [-0.2, -0.15) is 0 Å². The van der Waals surface area contributed by atoms with Gasteiger partial charge < -0.3 is 20.7 Å². The number of carbonyl (C=O) groups is 1. The van der Waals surface area contributed by atoms with Crippen molar-refractivity contribution in [2.75, 3.05) is 26.0 Å². The summed E-state index contributed by atoms with van der Waals surface area (Å²) in [6.07, 6.45) is 0.310. The molecule has 1 heterocycles. The second-order valence-corrected chi connectivity index (χ2v) is 5.63. The molecule has 0 aliphatic carbocycles. The van der Waals surface area contributed by atoms with Gasteiger partial charge in [-0.1, -0.05) is 24.3 Å². The SMILES string of the molecule is CN=C(NCCC(=O)Nc1cccc(C)n1)NCc1ccccc1OC. The highest BCUT2D eigenvalue weighted by molar-refractivity contribution is 5.90. The molecule has 0 bridgehead atoms. The predicted octanol–water partition coefficient (Wildman–Crippen LogP) is 2.09. The fourth-order valence-corrected chi connectivity index (χ4v) is 2.36. The van der Waals surface area contributed by atoms with E-state index in [1.54, 1.807) is 20.2 Å². The van der Waals surface area contributed by atoms with Gasteiger partial charge in [-0.15, -0.1) is 0 Å². The van der Waals surface area contributed by atoms with E-state index in [9.17, 15) is 4.79 Å². The second kappa shape index (κ2) is 10.0. The molecule has 138 valence electrons. The van der Waals surface area contributed by atoms with Gasteiger partial charge in [-0.05, 0) is 25.1 Å². The van der Waals surface area contributed by atoms with Crippen molar-refractivity contribution < 1.29 is 9.53 Å². The molecule has 0 unspecified atom stereocenters. The topological polar surface area (TPSA) is 87.6 Å². The van der Waals surface area contributed by atoms with Crippen molar-refractivity contribution in [1.29, 1.82) is 0 Å². The number of carbonyl (C=O) groups excluding carboxylic acids is 1. The Morgan fingerprint density at radius 3 is 2.69 bits per heavy atom. The summed E-state index contributed by atoms with van der Waals surface area (Å²) in [4.78, 5) is 20.4. The Balaban J connectivity index is 1.75. The van der Waals surface area contributed by atoms with Gasteiger partial charge >= 0.3 is 0 Å². The summed E-state index contributed by atoms with van der Waals surface area (Å²) in [6, 6.07) is 13.3. The Hall–Kier alpha value is -3.09. The summed E-state index contributed by atoms with van der Waals surface area (Å²) in [5.74, 6) is 1.90. The lowest BCUT2D eigenvalue weighted by Gasteiger charge is -2.13. The van der Waals surface area contributed by atoms with Gasteiger partial charge in [0, 0.05) is 37.8 Å². The molecule has 0 radical (unpaired) electrons. The number of para-hydroxylation sites is 1. The Kier molecular flexibility index (Phi) is 7.42. The summed E-state index contributed by atoms with van der Waals surface area (Å²) in [6.45, 7) is 2.92. The lowest BCUT2D eigenvalue weighted by atomic mass is 10.2. The largest absolute Gasteiger partial charge is 0.496 e. The van der Waals surface area contributed by atoms with Crippen LogP contribution in [0, 0.1) is 6.92 Å². The van der Waals surface area contributed by atoms with E-state index in [2.05, 4.69) is 25.9 Å². The highest BCUT2D eigenvalue weighted by atomic mass is 16.5. The van der Waals surface area contributed by atoms with Crippen molar-refractivity contribution in [2.24, 2.45) is 4.99 Å². The van der Waals surface area contributed by atoms with Crippen molar-refractivity contribution in [3.05, 3.63) is 53.7 Å². The van der Waals surface area contributed by atoms with Crippen LogP contribution in [0.3, 0.4) is 0 Å². The smallest absolute Gasteiger partial charge is 0.227 e. The molecule has 3 N–H and O–H groups in total. The second-order valence-electron chi connectivity index (χ2n) is 5.63. The molecule has 0 aliphatic heterocycles. The lowest BCUT2D eigenvalue weighted by Crippen LogP contribution is -2.38. The van der Waals surface area contributed by atoms with Crippen LogP contribution in [0.4, 0.5) is 5.82 Å². The number of rotatable bonds is 7. The highest BCUT2D eigenvalue weighted by Crippen LogP contribution is 2.16. The molecule has 0 atom stereocenters. The number of anilines is 1. The molecule has 26 heavy (non-hydrogen) atoms. The number of hydrogen-bond acceptors (Lipinski definition) is 4. The quantitative estimate of drug-likeness (QED) is 0.523. The van der Waals surface area contributed by atoms with Crippen molar-refractivity contribution in [1.82, 2.24) is 15.6 Å². The van der Waals surface area contributed by atoms with Crippen molar-refractivity contribution >= 4 is 17.7 Å². The molecular weight excluding hydrogens is 330 g/mol. The van der Waals surface area contributed by atoms with Crippen molar-refractivity contribution in [3.8, 4) is 5.75 Å². The third kappa shape index (κ3) is 6.08. The lowest BCUT2D eigenvalue weighted by molar-refractivity contribution is -0.116. The number of aromatic nitrogens is 1. The Morgan fingerprint density at radius 2 is 1.96 bits per heavy atom. The van der Waals surface area contributed by atoms with Gasteiger partial charge in [0.1, 0.15) is 11.6 Å². The van der Waals surface area contributed by atoms with Crippen LogP contribution in [0.2, 0.25) is 0 Å². The molecule has 1 amide bonds. The number of nitrogens with zero attached hydrogens (tertiary/aromatic N) is 2. The van der Waals surface area contributed by atoms with E-state index in [0.717, 1.165) is 17.0 Å². The number of ether oxygens (including phenoxy) is 1. The number of guanidine groups is 1. The maximum absolute atomic E-state index is 12.0. The molecule has 0 saturated carbocycles. The van der Waals surface area contributed by atoms with E-state index in [0.29, 0.717) is 31.3 Å². The van der Waals surface area contributed by atoms with E-state index >= 15 is 0 Å². The number of amides is 1. The number of aliphatic imine (C=N–C) groups is 1. The first-order valence-corrected chi connectivity index (χ1v) is 8.42. The summed E-state index contributed by atoms with van der Waals surface area (Å²) in [5, 5.41) is 9.11. The predicted molar refractivity (Wildman–Crippen MR) is 103 cm³/mol. The summed E-state index contributed by atoms with van der Waals surface area (Å²) >= 11 is 0. The van der Waals surface area contributed by atoms with Gasteiger partial charge in [0.25, 0.3) is 0 Å². The zero-order valence-corrected chi connectivity index (χ0v) is 15.4. The van der Waals surface area contributed by atoms with Crippen molar-refractivity contribution in [2.45, 2.75) is 19.9 Å². The molecule has 0 saturated heterocycles. The number of methoxy groups -OCH3 is 1. The van der Waals surface area contributed by atoms with Crippen LogP contribution >= 0.6 is 0 Å². The summed E-state index contributed by atoms with van der Waals surface area (Å²) in [7, 11) is 3.34. The first-order chi connectivity index (χ1) is 12.6. The average Bonchev–Trinajstić information content (AvgIpc) is 2.64. The fourth-order valence-electron chi connectivity index (χ4n) is 2.36. The molecule has 0 fully saturated rings. The summed E-state index contributed by atoms with van der Waals surface area (Å²) in [5.41, 5.74) is 1.89. The van der Waals surface area contributed by atoms with E-state index in [1.165, 1.54) is 0 Å². The van der Waals surface area contributed by atoms with Gasteiger partial charge in [0.2, 0.25) is 5.91 Å². The maximum Gasteiger partial charge on any atom is 0.227 e. The third-order valence-corrected chi connectivity index (χ3v) is 3.66. The molecule has 1 aromatic heterocycles. The fraction of sp³-hybridized carbons (Fsp3) is 0.316. The van der Waals surface area contributed by atoms with Gasteiger partial charge in [-0.3, -0.25) is 9.79 Å². The van der Waals surface area contributed by atoms with E-state index in [4.69, 9.17) is 4.74 Å². The molecule has 0 spiro atoms. The zero-order valence-electron chi connectivity index (χ0n) is 15.4. The van der Waals surface area contributed by atoms with Gasteiger partial charge in [-0.25, -0.2) is 4.98 Å². The normalized spacial score (nSPS) is 11.0. The Morgan fingerprint density at radius 1 is 1.15 bits per heavy atom. The van der Waals surface area contributed by atoms with E-state index in [1.807, 2.05) is 43.3 Å². The van der Waals surface area contributed by atoms with Crippen LogP contribution in [0.25, 0.3) is 0 Å².